The third-order valence-corrected chi connectivity index (χ3v) is 1.66. The molecule has 120 valence electrons. The quantitative estimate of drug-likeness (QED) is 0.598. The van der Waals surface area contributed by atoms with E-state index in [9.17, 15) is 0 Å². The number of hydrogen-bond donors (Lipinski definition) is 0. The largest absolute Gasteiger partial charge is 0.388 e. The normalized spacial score (nSPS) is 6.80. The molecule has 0 amide bonds. The Labute approximate surface area is 127 Å². The molecule has 0 fully saturated rings. The second-order valence-electron chi connectivity index (χ2n) is 3.16. The third-order valence-electron chi connectivity index (χ3n) is 1.66. The van der Waals surface area contributed by atoms with Crippen molar-refractivity contribution < 1.29 is 9.47 Å². The maximum Gasteiger partial charge on any atom is 0.0351 e. The Hall–Kier alpha value is -1.38. The van der Waals surface area contributed by atoms with Crippen molar-refractivity contribution in [2.24, 2.45) is 0 Å². The van der Waals surface area contributed by atoms with Gasteiger partial charge in [-0.3, -0.25) is 0 Å². The van der Waals surface area contributed by atoms with Crippen LogP contribution >= 0.6 is 0 Å². The second kappa shape index (κ2) is 22.8. The Kier molecular flexibility index (Phi) is 35.5. The first kappa shape index (κ1) is 31.2. The molecule has 2 aromatic rings. The second-order valence-corrected chi connectivity index (χ2v) is 3.16. The molecule has 0 aliphatic heterocycles. The Morgan fingerprint density at radius 2 is 0.650 bits per heavy atom. The zero-order valence-electron chi connectivity index (χ0n) is 10.4. The minimum absolute atomic E-state index is 0. The Bertz CT molecular complexity index is 305. The van der Waals surface area contributed by atoms with Crippen molar-refractivity contribution in [3.05, 3.63) is 48.5 Å². The standard InChI is InChI=1S/C10H8.2C2H6O.4CH4/c1-2-6-10-8-4-3-7-9(10)5-1;2*1-3-2;;;;/h1-8H;2*1-2H3;4*1H4. The van der Waals surface area contributed by atoms with Crippen LogP contribution in [0.5, 0.6) is 0 Å². The molecule has 2 rings (SSSR count). The van der Waals surface area contributed by atoms with E-state index in [1.54, 1.807) is 28.4 Å². The lowest BCUT2D eigenvalue weighted by Gasteiger charge is -1.92. The monoisotopic (exact) mass is 284 g/mol. The first-order chi connectivity index (χ1) is 7.79. The number of benzene rings is 2. The number of fused-ring (bicyclic) bond motifs is 1. The van der Waals surface area contributed by atoms with Gasteiger partial charge in [-0.2, -0.15) is 0 Å². The van der Waals surface area contributed by atoms with E-state index in [2.05, 4.69) is 58.0 Å². The molecule has 0 N–H and O–H groups in total. The van der Waals surface area contributed by atoms with Crippen LogP contribution in [0.25, 0.3) is 10.8 Å². The molecule has 0 heterocycles. The van der Waals surface area contributed by atoms with Crippen LogP contribution in [0.3, 0.4) is 0 Å². The molecule has 20 heavy (non-hydrogen) atoms. The van der Waals surface area contributed by atoms with Crippen LogP contribution < -0.4 is 0 Å². The molecule has 0 bridgehead atoms. The minimum Gasteiger partial charge on any atom is -0.388 e. The molecule has 0 radical (unpaired) electrons. The van der Waals surface area contributed by atoms with Crippen LogP contribution in [-0.4, -0.2) is 28.4 Å². The summed E-state index contributed by atoms with van der Waals surface area (Å²) in [4.78, 5) is 0. The molecule has 0 aromatic heterocycles. The molecule has 0 aliphatic rings. The lowest BCUT2D eigenvalue weighted by Crippen LogP contribution is -1.67. The predicted octanol–water partition coefficient (Wildman–Crippen LogP) is 5.91. The van der Waals surface area contributed by atoms with Gasteiger partial charge in [0.15, 0.2) is 0 Å². The van der Waals surface area contributed by atoms with E-state index in [-0.39, 0.29) is 29.7 Å². The van der Waals surface area contributed by atoms with Crippen LogP contribution in [-0.2, 0) is 9.47 Å². The summed E-state index contributed by atoms with van der Waals surface area (Å²) in [6.45, 7) is 0. The minimum atomic E-state index is 0. The van der Waals surface area contributed by atoms with Gasteiger partial charge in [0.05, 0.1) is 0 Å². The zero-order valence-corrected chi connectivity index (χ0v) is 10.4. The highest BCUT2D eigenvalue weighted by Gasteiger charge is 1.85. The summed E-state index contributed by atoms with van der Waals surface area (Å²) in [6.07, 6.45) is 0. The molecule has 0 aliphatic carbocycles. The Morgan fingerprint density at radius 3 is 0.800 bits per heavy atom. The molecule has 2 aromatic carbocycles. The van der Waals surface area contributed by atoms with Crippen molar-refractivity contribution in [2.75, 3.05) is 28.4 Å². The van der Waals surface area contributed by atoms with Crippen LogP contribution in [0.2, 0.25) is 0 Å². The number of methoxy groups -OCH3 is 2. The molecule has 0 saturated carbocycles. The van der Waals surface area contributed by atoms with E-state index in [1.807, 2.05) is 0 Å². The first-order valence-electron chi connectivity index (χ1n) is 5.04. The SMILES string of the molecule is C.C.C.C.COC.COC.c1ccc2ccccc2c1. The Morgan fingerprint density at radius 1 is 0.500 bits per heavy atom. The van der Waals surface area contributed by atoms with Gasteiger partial charge in [-0.25, -0.2) is 0 Å². The smallest absolute Gasteiger partial charge is 0.0351 e. The van der Waals surface area contributed by atoms with E-state index in [4.69, 9.17) is 0 Å². The van der Waals surface area contributed by atoms with Gasteiger partial charge in [-0.05, 0) is 10.8 Å². The van der Waals surface area contributed by atoms with Gasteiger partial charge >= 0.3 is 0 Å². The van der Waals surface area contributed by atoms with Crippen molar-refractivity contribution in [1.82, 2.24) is 0 Å². The molecule has 2 nitrogen and oxygen atoms in total. The highest BCUT2D eigenvalue weighted by Crippen LogP contribution is 2.11. The summed E-state index contributed by atoms with van der Waals surface area (Å²) in [5.74, 6) is 0. The fourth-order valence-electron chi connectivity index (χ4n) is 1.13. The summed E-state index contributed by atoms with van der Waals surface area (Å²) in [7, 11) is 6.50. The van der Waals surface area contributed by atoms with Crippen molar-refractivity contribution in [2.45, 2.75) is 29.7 Å². The van der Waals surface area contributed by atoms with E-state index in [0.717, 1.165) is 0 Å². The van der Waals surface area contributed by atoms with Gasteiger partial charge in [0.25, 0.3) is 0 Å². The number of hydrogen-bond acceptors (Lipinski definition) is 2. The third kappa shape index (κ3) is 14.7. The van der Waals surface area contributed by atoms with Gasteiger partial charge in [0.1, 0.15) is 0 Å². The van der Waals surface area contributed by atoms with Gasteiger partial charge in [-0.15, -0.1) is 0 Å². The molecule has 0 unspecified atom stereocenters. The molecule has 2 heteroatoms. The van der Waals surface area contributed by atoms with Crippen LogP contribution in [0.15, 0.2) is 48.5 Å². The van der Waals surface area contributed by atoms with E-state index in [1.165, 1.54) is 10.8 Å². The average Bonchev–Trinajstić information content (AvgIpc) is 2.31. The van der Waals surface area contributed by atoms with Crippen molar-refractivity contribution in [3.8, 4) is 0 Å². The summed E-state index contributed by atoms with van der Waals surface area (Å²) in [6, 6.07) is 16.7. The number of rotatable bonds is 0. The van der Waals surface area contributed by atoms with Crippen molar-refractivity contribution >= 4 is 10.8 Å². The average molecular weight is 284 g/mol. The number of ether oxygens (including phenoxy) is 2. The summed E-state index contributed by atoms with van der Waals surface area (Å²) in [5.41, 5.74) is 0. The lowest BCUT2D eigenvalue weighted by atomic mass is 10.1. The lowest BCUT2D eigenvalue weighted by molar-refractivity contribution is 0.277. The topological polar surface area (TPSA) is 18.5 Å². The maximum absolute atomic E-state index is 4.25. The molecule has 0 atom stereocenters. The zero-order chi connectivity index (χ0) is 12.2. The van der Waals surface area contributed by atoms with Gasteiger partial charge in [-0.1, -0.05) is 78.2 Å². The van der Waals surface area contributed by atoms with E-state index in [0.29, 0.717) is 0 Å². The first-order valence-corrected chi connectivity index (χ1v) is 5.04. The fraction of sp³-hybridized carbons (Fsp3) is 0.444. The van der Waals surface area contributed by atoms with Crippen molar-refractivity contribution in [1.29, 1.82) is 0 Å². The van der Waals surface area contributed by atoms with Gasteiger partial charge in [0, 0.05) is 28.4 Å². The molecular formula is C18H36O2. The van der Waals surface area contributed by atoms with Crippen LogP contribution in [0.4, 0.5) is 0 Å². The molecule has 0 saturated heterocycles. The van der Waals surface area contributed by atoms with E-state index >= 15 is 0 Å². The fourth-order valence-corrected chi connectivity index (χ4v) is 1.13. The Balaban J connectivity index is -0.0000000668. The summed E-state index contributed by atoms with van der Waals surface area (Å²) in [5, 5.41) is 2.62. The van der Waals surface area contributed by atoms with Crippen LogP contribution in [0, 0.1) is 0 Å². The highest BCUT2D eigenvalue weighted by atomic mass is 16.5. The predicted molar refractivity (Wildman–Crippen MR) is 96.7 cm³/mol. The summed E-state index contributed by atoms with van der Waals surface area (Å²) >= 11 is 0. The highest BCUT2D eigenvalue weighted by molar-refractivity contribution is 5.81. The van der Waals surface area contributed by atoms with Gasteiger partial charge in [0.2, 0.25) is 0 Å². The van der Waals surface area contributed by atoms with Gasteiger partial charge < -0.3 is 9.47 Å². The van der Waals surface area contributed by atoms with E-state index < -0.39 is 0 Å². The van der Waals surface area contributed by atoms with Crippen molar-refractivity contribution in [3.63, 3.8) is 0 Å². The maximum atomic E-state index is 4.25. The summed E-state index contributed by atoms with van der Waals surface area (Å²) < 4.78 is 8.50. The molecule has 0 spiro atoms. The molecular weight excluding hydrogens is 248 g/mol. The van der Waals surface area contributed by atoms with Crippen LogP contribution in [0.1, 0.15) is 29.7 Å².